The van der Waals surface area contributed by atoms with Crippen LogP contribution < -0.4 is 16.0 Å². The van der Waals surface area contributed by atoms with Crippen LogP contribution in [-0.2, 0) is 25.5 Å². The number of ether oxygens (including phenoxy) is 1. The molecule has 10 nitrogen and oxygen atoms in total. The van der Waals surface area contributed by atoms with Gasteiger partial charge in [0.15, 0.2) is 0 Å². The summed E-state index contributed by atoms with van der Waals surface area (Å²) in [6.45, 7) is 8.36. The number of aromatic amines is 1. The molecule has 5 atom stereocenters. The van der Waals surface area contributed by atoms with E-state index in [0.29, 0.717) is 11.5 Å². The quantitative estimate of drug-likeness (QED) is 0.191. The lowest BCUT2D eigenvalue weighted by atomic mass is 9.70. The smallest absolute Gasteiger partial charge is 0.408 e. The molecule has 10 heteroatoms. The highest BCUT2D eigenvalue weighted by Gasteiger charge is 2.63. The summed E-state index contributed by atoms with van der Waals surface area (Å²) in [4.78, 5) is 54.2. The van der Waals surface area contributed by atoms with Crippen molar-refractivity contribution in [2.24, 2.45) is 16.7 Å². The fourth-order valence-electron chi connectivity index (χ4n) is 7.23. The number of carbonyl (C=O) groups excluding carboxylic acids is 3. The molecule has 45 heavy (non-hydrogen) atoms. The fourth-order valence-corrected chi connectivity index (χ4v) is 7.23. The van der Waals surface area contributed by atoms with Crippen molar-refractivity contribution in [3.05, 3.63) is 84.1 Å². The Kier molecular flexibility index (Phi) is 8.78. The molecule has 2 saturated carbocycles. The van der Waals surface area contributed by atoms with Gasteiger partial charge in [-0.05, 0) is 54.7 Å². The van der Waals surface area contributed by atoms with Gasteiger partial charge in [0.25, 0.3) is 0 Å². The Morgan fingerprint density at radius 2 is 1.78 bits per heavy atom. The van der Waals surface area contributed by atoms with Crippen molar-refractivity contribution in [1.29, 1.82) is 0 Å². The number of fused-ring (bicyclic) bond motifs is 3. The maximum Gasteiger partial charge on any atom is 0.408 e. The van der Waals surface area contributed by atoms with Crippen LogP contribution in [0.15, 0.2) is 72.9 Å². The van der Waals surface area contributed by atoms with Crippen LogP contribution in [0.5, 0.6) is 0 Å². The Balaban J connectivity index is 1.36. The lowest BCUT2D eigenvalue weighted by molar-refractivity contribution is -0.131. The number of benzene rings is 2. The van der Waals surface area contributed by atoms with Gasteiger partial charge in [-0.15, -0.1) is 0 Å². The summed E-state index contributed by atoms with van der Waals surface area (Å²) in [6, 6.07) is 16.1. The Morgan fingerprint density at radius 1 is 1.07 bits per heavy atom. The summed E-state index contributed by atoms with van der Waals surface area (Å²) in [6.07, 6.45) is 5.72. The molecule has 3 amide bonds. The number of alkyl carbamates (subject to hydrolysis) is 1. The van der Waals surface area contributed by atoms with Crippen LogP contribution in [0.4, 0.5) is 4.79 Å². The molecule has 2 aliphatic carbocycles. The number of hydrogen-bond donors (Lipinski definition) is 5. The largest absolute Gasteiger partial charge is 0.478 e. The third-order valence-electron chi connectivity index (χ3n) is 10.4. The van der Waals surface area contributed by atoms with Gasteiger partial charge in [-0.1, -0.05) is 69.3 Å². The summed E-state index contributed by atoms with van der Waals surface area (Å²) in [5, 5.41) is 18.4. The highest BCUT2D eigenvalue weighted by molar-refractivity contribution is 5.94. The number of hydrogen-bond acceptors (Lipinski definition) is 5. The Hall–Kier alpha value is -4.60. The zero-order chi connectivity index (χ0) is 32.4. The standard InChI is InChI=1S/C35H42N4O6/c1-33(2)24-16-17-34(33,3)28(18-24)45-32(44)39-35(4,19-23-20-36-26-13-9-8-12-25(23)26)31(43)37-21-27(22-10-6-5-7-11-22)38-29(40)14-15-30(41)42/h5-15,20,24,27-28,36H,16-19,21H2,1-4H3,(H,37,43)(H,38,40)(H,39,44)(H,41,42)/b15-14+/t24-,27-,28+,34+,35+/m0/s1. The number of nitrogens with one attached hydrogen (secondary N) is 4. The van der Waals surface area contributed by atoms with E-state index in [1.807, 2.05) is 36.5 Å². The van der Waals surface area contributed by atoms with Gasteiger partial charge in [0, 0.05) is 47.6 Å². The number of carbonyl (C=O) groups is 4. The molecule has 5 rings (SSSR count). The Morgan fingerprint density at radius 3 is 2.44 bits per heavy atom. The maximum atomic E-state index is 14.0. The monoisotopic (exact) mass is 614 g/mol. The van der Waals surface area contributed by atoms with Gasteiger partial charge >= 0.3 is 12.1 Å². The van der Waals surface area contributed by atoms with Crippen molar-refractivity contribution in [2.75, 3.05) is 6.54 Å². The first-order chi connectivity index (χ1) is 21.3. The lowest BCUT2D eigenvalue weighted by Gasteiger charge is -2.39. The first-order valence-corrected chi connectivity index (χ1v) is 15.4. The maximum absolute atomic E-state index is 14.0. The van der Waals surface area contributed by atoms with E-state index in [1.54, 1.807) is 31.2 Å². The van der Waals surface area contributed by atoms with Crippen LogP contribution in [-0.4, -0.2) is 52.2 Å². The number of rotatable bonds is 11. The van der Waals surface area contributed by atoms with E-state index < -0.39 is 35.5 Å². The highest BCUT2D eigenvalue weighted by atomic mass is 16.6. The molecule has 1 aromatic heterocycles. The number of carboxylic acids is 1. The molecule has 0 saturated heterocycles. The molecule has 0 spiro atoms. The van der Waals surface area contributed by atoms with Crippen molar-refractivity contribution in [3.63, 3.8) is 0 Å². The predicted octanol–water partition coefficient (Wildman–Crippen LogP) is 5.02. The molecule has 238 valence electrons. The van der Waals surface area contributed by atoms with E-state index in [4.69, 9.17) is 9.84 Å². The molecule has 0 aliphatic heterocycles. The van der Waals surface area contributed by atoms with Gasteiger partial charge in [-0.3, -0.25) is 9.59 Å². The minimum atomic E-state index is -1.41. The van der Waals surface area contributed by atoms with Gasteiger partial charge in [0.2, 0.25) is 11.8 Å². The Labute approximate surface area is 263 Å². The molecule has 0 unspecified atom stereocenters. The van der Waals surface area contributed by atoms with E-state index in [-0.39, 0.29) is 29.9 Å². The second kappa shape index (κ2) is 12.4. The van der Waals surface area contributed by atoms with E-state index in [9.17, 15) is 19.2 Å². The molecular formula is C35H42N4O6. The highest BCUT2D eigenvalue weighted by Crippen LogP contribution is 2.66. The van der Waals surface area contributed by atoms with E-state index >= 15 is 0 Å². The van der Waals surface area contributed by atoms with E-state index in [2.05, 4.69) is 41.7 Å². The lowest BCUT2D eigenvalue weighted by Crippen LogP contribution is -2.59. The average molecular weight is 615 g/mol. The van der Waals surface area contributed by atoms with Gasteiger partial charge in [-0.2, -0.15) is 0 Å². The van der Waals surface area contributed by atoms with Gasteiger partial charge in [0.05, 0.1) is 6.04 Å². The average Bonchev–Trinajstić information content (AvgIpc) is 3.57. The number of amides is 3. The van der Waals surface area contributed by atoms with Gasteiger partial charge < -0.3 is 30.8 Å². The Bertz CT molecular complexity index is 1610. The fraction of sp³-hybridized carbons (Fsp3) is 0.429. The molecule has 2 aromatic carbocycles. The molecule has 2 bridgehead atoms. The van der Waals surface area contributed by atoms with Crippen molar-refractivity contribution in [2.45, 2.75) is 71.1 Å². The molecule has 2 fully saturated rings. The van der Waals surface area contributed by atoms with Crippen LogP contribution in [0.25, 0.3) is 10.9 Å². The SMILES string of the molecule is CC1(C)[C@H]2CC[C@]1(C)[C@H](OC(=O)N[C@](C)(Cc1c[nH]c3ccccc13)C(=O)NC[C@H](NC(=O)/C=C/C(=O)O)c1ccccc1)C2. The van der Waals surface area contributed by atoms with Crippen LogP contribution in [0.2, 0.25) is 0 Å². The topological polar surface area (TPSA) is 150 Å². The summed E-state index contributed by atoms with van der Waals surface area (Å²) in [7, 11) is 0. The molecule has 5 N–H and O–H groups in total. The summed E-state index contributed by atoms with van der Waals surface area (Å²) in [5.41, 5.74) is 0.983. The minimum absolute atomic E-state index is 0.00767. The molecule has 2 aliphatic rings. The normalized spacial score (nSPS) is 23.7. The number of aromatic nitrogens is 1. The summed E-state index contributed by atoms with van der Waals surface area (Å²) in [5.74, 6) is -1.84. The second-order valence-corrected chi connectivity index (χ2v) is 13.4. The number of H-pyrrole nitrogens is 1. The number of carboxylic acid groups (broad SMARTS) is 1. The molecule has 1 heterocycles. The zero-order valence-corrected chi connectivity index (χ0v) is 26.2. The van der Waals surface area contributed by atoms with Crippen molar-refractivity contribution in [1.82, 2.24) is 20.9 Å². The minimum Gasteiger partial charge on any atom is -0.478 e. The third kappa shape index (κ3) is 6.45. The first kappa shape index (κ1) is 31.8. The van der Waals surface area contributed by atoms with Gasteiger partial charge in [-0.25, -0.2) is 9.59 Å². The summed E-state index contributed by atoms with van der Waals surface area (Å²) < 4.78 is 6.08. The van der Waals surface area contributed by atoms with Crippen LogP contribution in [0.1, 0.15) is 64.1 Å². The third-order valence-corrected chi connectivity index (χ3v) is 10.4. The first-order valence-electron chi connectivity index (χ1n) is 15.4. The van der Waals surface area contributed by atoms with E-state index in [0.717, 1.165) is 47.9 Å². The predicted molar refractivity (Wildman–Crippen MR) is 170 cm³/mol. The molecular weight excluding hydrogens is 572 g/mol. The number of aliphatic carboxylic acids is 1. The number of para-hydroxylation sites is 1. The van der Waals surface area contributed by atoms with Crippen molar-refractivity contribution < 1.29 is 29.0 Å². The second-order valence-electron chi connectivity index (χ2n) is 13.4. The van der Waals surface area contributed by atoms with E-state index in [1.165, 1.54) is 0 Å². The molecule has 0 radical (unpaired) electrons. The van der Waals surface area contributed by atoms with Crippen molar-refractivity contribution in [3.8, 4) is 0 Å². The van der Waals surface area contributed by atoms with Crippen molar-refractivity contribution >= 4 is 34.8 Å². The van der Waals surface area contributed by atoms with Crippen LogP contribution >= 0.6 is 0 Å². The zero-order valence-electron chi connectivity index (χ0n) is 26.2. The molecule has 3 aromatic rings. The van der Waals surface area contributed by atoms with Crippen LogP contribution in [0, 0.1) is 16.7 Å². The summed E-state index contributed by atoms with van der Waals surface area (Å²) >= 11 is 0. The van der Waals surface area contributed by atoms with Gasteiger partial charge in [0.1, 0.15) is 11.6 Å². The van der Waals surface area contributed by atoms with Crippen LogP contribution in [0.3, 0.4) is 0 Å².